The molecule has 0 fully saturated rings. The van der Waals surface area contributed by atoms with Crippen molar-refractivity contribution in [3.05, 3.63) is 63.9 Å². The van der Waals surface area contributed by atoms with Gasteiger partial charge in [0.25, 0.3) is 5.56 Å². The zero-order chi connectivity index (χ0) is 18.1. The fraction of sp³-hybridized carbons (Fsp3) is 0.211. The average molecular weight is 353 g/mol. The van der Waals surface area contributed by atoms with E-state index in [0.717, 1.165) is 16.8 Å². The lowest BCUT2D eigenvalue weighted by molar-refractivity contribution is -0.117. The first-order valence-corrected chi connectivity index (χ1v) is 8.82. The lowest BCUT2D eigenvalue weighted by Gasteiger charge is -2.18. The van der Waals surface area contributed by atoms with Gasteiger partial charge < -0.3 is 5.73 Å². The summed E-state index contributed by atoms with van der Waals surface area (Å²) in [6.45, 7) is 5.62. The predicted octanol–water partition coefficient (Wildman–Crippen LogP) is 2.97. The van der Waals surface area contributed by atoms with Crippen molar-refractivity contribution >= 4 is 28.6 Å². The summed E-state index contributed by atoms with van der Waals surface area (Å²) >= 11 is 1.20. The molecule has 6 heteroatoms. The van der Waals surface area contributed by atoms with Crippen LogP contribution in [-0.4, -0.2) is 20.7 Å². The number of hydrogen-bond donors (Lipinski definition) is 1. The van der Waals surface area contributed by atoms with Crippen molar-refractivity contribution in [1.29, 1.82) is 0 Å². The summed E-state index contributed by atoms with van der Waals surface area (Å²) in [5.41, 5.74) is 8.59. The van der Waals surface area contributed by atoms with Gasteiger partial charge in [-0.25, -0.2) is 4.98 Å². The van der Waals surface area contributed by atoms with Gasteiger partial charge in [-0.05, 0) is 44.0 Å². The number of hydrogen-bond acceptors (Lipinski definition) is 4. The Labute approximate surface area is 149 Å². The Morgan fingerprint density at radius 3 is 2.40 bits per heavy atom. The molecule has 0 aliphatic carbocycles. The number of thioether (sulfide) groups is 1. The second-order valence-electron chi connectivity index (χ2n) is 5.95. The van der Waals surface area contributed by atoms with Crippen molar-refractivity contribution in [2.75, 3.05) is 0 Å². The van der Waals surface area contributed by atoms with Gasteiger partial charge in [-0.2, -0.15) is 0 Å². The highest BCUT2D eigenvalue weighted by Crippen LogP contribution is 2.27. The van der Waals surface area contributed by atoms with Crippen LogP contribution in [0.25, 0.3) is 16.6 Å². The molecule has 0 radical (unpaired) electrons. The fourth-order valence-corrected chi connectivity index (χ4v) is 3.63. The lowest BCUT2D eigenvalue weighted by atomic mass is 10.1. The Kier molecular flexibility index (Phi) is 4.63. The second-order valence-corrected chi connectivity index (χ2v) is 7.26. The van der Waals surface area contributed by atoms with E-state index >= 15 is 0 Å². The van der Waals surface area contributed by atoms with Crippen LogP contribution in [0, 0.1) is 13.8 Å². The Bertz CT molecular complexity index is 1010. The normalized spacial score (nSPS) is 12.3. The van der Waals surface area contributed by atoms with Crippen molar-refractivity contribution in [3.63, 3.8) is 0 Å². The summed E-state index contributed by atoms with van der Waals surface area (Å²) in [6.07, 6.45) is 0. The van der Waals surface area contributed by atoms with Gasteiger partial charge in [0.1, 0.15) is 0 Å². The highest BCUT2D eigenvalue weighted by atomic mass is 32.2. The minimum Gasteiger partial charge on any atom is -0.369 e. The summed E-state index contributed by atoms with van der Waals surface area (Å²) in [7, 11) is 0. The van der Waals surface area contributed by atoms with Gasteiger partial charge >= 0.3 is 0 Å². The number of nitrogens with two attached hydrogens (primary N) is 1. The van der Waals surface area contributed by atoms with Crippen molar-refractivity contribution in [1.82, 2.24) is 9.55 Å². The van der Waals surface area contributed by atoms with Gasteiger partial charge in [-0.15, -0.1) is 0 Å². The van der Waals surface area contributed by atoms with E-state index in [1.165, 1.54) is 11.8 Å². The van der Waals surface area contributed by atoms with E-state index in [2.05, 4.69) is 4.98 Å². The maximum Gasteiger partial charge on any atom is 0.266 e. The molecular weight excluding hydrogens is 334 g/mol. The number of primary amides is 1. The third kappa shape index (κ3) is 3.17. The maximum absolute atomic E-state index is 13.2. The number of aromatic nitrogens is 2. The molecule has 0 bridgehead atoms. The third-order valence-corrected chi connectivity index (χ3v) is 5.16. The minimum atomic E-state index is -0.497. The van der Waals surface area contributed by atoms with Crippen LogP contribution in [0.3, 0.4) is 0 Å². The largest absolute Gasteiger partial charge is 0.369 e. The number of benzene rings is 2. The van der Waals surface area contributed by atoms with E-state index in [4.69, 9.17) is 5.73 Å². The van der Waals surface area contributed by atoms with Crippen LogP contribution in [0.5, 0.6) is 0 Å². The number of nitrogens with zero attached hydrogens (tertiary/aromatic N) is 2. The molecule has 25 heavy (non-hydrogen) atoms. The van der Waals surface area contributed by atoms with Crippen LogP contribution in [0.2, 0.25) is 0 Å². The van der Waals surface area contributed by atoms with Crippen LogP contribution >= 0.6 is 11.8 Å². The molecule has 1 unspecified atom stereocenters. The summed E-state index contributed by atoms with van der Waals surface area (Å²) in [5.74, 6) is -0.444. The molecule has 128 valence electrons. The number of rotatable bonds is 4. The molecule has 0 saturated carbocycles. The number of fused-ring (bicyclic) bond motifs is 1. The van der Waals surface area contributed by atoms with E-state index in [-0.39, 0.29) is 5.56 Å². The summed E-state index contributed by atoms with van der Waals surface area (Å²) < 4.78 is 1.59. The summed E-state index contributed by atoms with van der Waals surface area (Å²) in [4.78, 5) is 29.4. The highest BCUT2D eigenvalue weighted by Gasteiger charge is 2.20. The molecule has 3 rings (SSSR count). The highest BCUT2D eigenvalue weighted by molar-refractivity contribution is 8.00. The van der Waals surface area contributed by atoms with E-state index in [1.807, 2.05) is 44.2 Å². The smallest absolute Gasteiger partial charge is 0.266 e. The zero-order valence-electron chi connectivity index (χ0n) is 14.3. The van der Waals surface area contributed by atoms with Gasteiger partial charge in [-0.3, -0.25) is 14.2 Å². The van der Waals surface area contributed by atoms with E-state index in [1.54, 1.807) is 23.6 Å². The average Bonchev–Trinajstić information content (AvgIpc) is 2.57. The van der Waals surface area contributed by atoms with Gasteiger partial charge in [0.05, 0.1) is 21.8 Å². The number of carbonyl (C=O) groups excluding carboxylic acids is 1. The van der Waals surface area contributed by atoms with Crippen molar-refractivity contribution in [2.45, 2.75) is 31.2 Å². The topological polar surface area (TPSA) is 78.0 Å². The van der Waals surface area contributed by atoms with Gasteiger partial charge in [0, 0.05) is 0 Å². The second kappa shape index (κ2) is 6.72. The molecule has 1 atom stereocenters. The number of amides is 1. The molecule has 1 aromatic heterocycles. The first-order valence-electron chi connectivity index (χ1n) is 7.94. The quantitative estimate of drug-likeness (QED) is 0.578. The molecule has 1 heterocycles. The van der Waals surface area contributed by atoms with E-state index in [0.29, 0.717) is 16.1 Å². The zero-order valence-corrected chi connectivity index (χ0v) is 15.1. The Morgan fingerprint density at radius 2 is 1.76 bits per heavy atom. The number of para-hydroxylation sites is 2. The molecule has 5 nitrogen and oxygen atoms in total. The first kappa shape index (κ1) is 17.2. The van der Waals surface area contributed by atoms with Crippen molar-refractivity contribution < 1.29 is 4.79 Å². The number of aryl methyl sites for hydroxylation is 2. The Morgan fingerprint density at radius 1 is 1.12 bits per heavy atom. The van der Waals surface area contributed by atoms with E-state index in [9.17, 15) is 9.59 Å². The summed E-state index contributed by atoms with van der Waals surface area (Å²) in [5, 5.41) is 0.511. The first-order chi connectivity index (χ1) is 11.9. The van der Waals surface area contributed by atoms with Gasteiger partial charge in [0.2, 0.25) is 5.91 Å². The molecule has 0 aliphatic rings. The van der Waals surface area contributed by atoms with Crippen LogP contribution in [0.15, 0.2) is 52.4 Å². The van der Waals surface area contributed by atoms with Crippen LogP contribution in [0.4, 0.5) is 0 Å². The molecule has 0 aliphatic heterocycles. The van der Waals surface area contributed by atoms with Crippen LogP contribution < -0.4 is 11.3 Å². The number of carbonyl (C=O) groups is 1. The molecule has 3 aromatic rings. The standard InChI is InChI=1S/C19H19N3O2S/c1-11-7-6-8-12(2)16(11)22-18(24)14-9-4-5-10-15(14)21-19(22)25-13(3)17(20)23/h4-10,13H,1-3H3,(H2,20,23). The Balaban J connectivity index is 2.37. The maximum atomic E-state index is 13.2. The molecule has 0 spiro atoms. The van der Waals surface area contributed by atoms with Crippen molar-refractivity contribution in [3.8, 4) is 5.69 Å². The fourth-order valence-electron chi connectivity index (χ4n) is 2.76. The molecule has 1 amide bonds. The molecule has 2 N–H and O–H groups in total. The molecule has 0 saturated heterocycles. The van der Waals surface area contributed by atoms with Crippen LogP contribution in [0.1, 0.15) is 18.1 Å². The SMILES string of the molecule is Cc1cccc(C)c1-n1c(SC(C)C(N)=O)nc2ccccc2c1=O. The van der Waals surface area contributed by atoms with Crippen molar-refractivity contribution in [2.24, 2.45) is 5.73 Å². The summed E-state index contributed by atoms with van der Waals surface area (Å²) in [6, 6.07) is 13.1. The molecule has 2 aromatic carbocycles. The van der Waals surface area contributed by atoms with Gasteiger partial charge in [0.15, 0.2) is 5.16 Å². The monoisotopic (exact) mass is 353 g/mol. The molecular formula is C19H19N3O2S. The predicted molar refractivity (Wildman–Crippen MR) is 101 cm³/mol. The Hall–Kier alpha value is -2.60. The minimum absolute atomic E-state index is 0.151. The third-order valence-electron chi connectivity index (χ3n) is 4.09. The van der Waals surface area contributed by atoms with Crippen LogP contribution in [-0.2, 0) is 4.79 Å². The lowest BCUT2D eigenvalue weighted by Crippen LogP contribution is -2.27. The van der Waals surface area contributed by atoms with Gasteiger partial charge in [-0.1, -0.05) is 42.1 Å². The van der Waals surface area contributed by atoms with E-state index < -0.39 is 11.2 Å².